The van der Waals surface area contributed by atoms with Crippen molar-refractivity contribution in [1.82, 2.24) is 4.90 Å². The van der Waals surface area contributed by atoms with Gasteiger partial charge in [0.05, 0.1) is 27.5 Å². The number of hydrogen-bond acceptors (Lipinski definition) is 6. The first kappa shape index (κ1) is 23.3. The van der Waals surface area contributed by atoms with E-state index in [1.54, 1.807) is 14.0 Å². The molecule has 0 unspecified atom stereocenters. The average Bonchev–Trinajstić information content (AvgIpc) is 3.12. The molecule has 0 saturated carbocycles. The number of rotatable bonds is 5. The molecular formula is C23H21ClFNO6S. The summed E-state index contributed by atoms with van der Waals surface area (Å²) < 4.78 is 49.0. The summed E-state index contributed by atoms with van der Waals surface area (Å²) in [7, 11) is -1.56. The first-order valence-electron chi connectivity index (χ1n) is 10.2. The van der Waals surface area contributed by atoms with Crippen LogP contribution in [0.5, 0.6) is 5.75 Å². The van der Waals surface area contributed by atoms with E-state index in [0.29, 0.717) is 12.2 Å². The standard InChI is InChI=1S/C23H21ClFNO6S/c1-13-21(22-17(24)4-3-5-18(22)25)23(28)16-7-6-15(10-19(16)32-13)31-11-20(27)26(2)14-8-9-33(29,30)12-14/h3-7,10,14H,8-9,11-12H2,1-2H3/t14-/m1/s1. The number of aryl methyl sites for hydroxylation is 1. The highest BCUT2D eigenvalue weighted by Crippen LogP contribution is 2.32. The third-order valence-electron chi connectivity index (χ3n) is 5.76. The van der Waals surface area contributed by atoms with Gasteiger partial charge in [-0.25, -0.2) is 12.8 Å². The molecular weight excluding hydrogens is 473 g/mol. The van der Waals surface area contributed by atoms with Crippen LogP contribution in [0.4, 0.5) is 4.39 Å². The molecule has 1 fully saturated rings. The van der Waals surface area contributed by atoms with Crippen LogP contribution in [0.1, 0.15) is 12.2 Å². The van der Waals surface area contributed by atoms with Crippen LogP contribution in [0.15, 0.2) is 45.6 Å². The monoisotopic (exact) mass is 493 g/mol. The van der Waals surface area contributed by atoms with Gasteiger partial charge in [0.1, 0.15) is 22.9 Å². The number of amides is 1. The van der Waals surface area contributed by atoms with E-state index in [-0.39, 0.29) is 62.9 Å². The number of sulfone groups is 1. The zero-order chi connectivity index (χ0) is 23.9. The average molecular weight is 494 g/mol. The van der Waals surface area contributed by atoms with Gasteiger partial charge in [0, 0.05) is 24.7 Å². The molecule has 1 aliphatic rings. The summed E-state index contributed by atoms with van der Waals surface area (Å²) in [6, 6.07) is 8.26. The van der Waals surface area contributed by atoms with Crippen molar-refractivity contribution in [1.29, 1.82) is 0 Å². The van der Waals surface area contributed by atoms with Crippen LogP contribution in [0.3, 0.4) is 0 Å². The van der Waals surface area contributed by atoms with E-state index in [2.05, 4.69) is 0 Å². The van der Waals surface area contributed by atoms with Crippen molar-refractivity contribution in [2.45, 2.75) is 19.4 Å². The molecule has 4 rings (SSSR count). The highest BCUT2D eigenvalue weighted by molar-refractivity contribution is 7.91. The summed E-state index contributed by atoms with van der Waals surface area (Å²) in [5.74, 6) is -0.491. The number of nitrogens with zero attached hydrogens (tertiary/aromatic N) is 1. The number of halogens is 2. The van der Waals surface area contributed by atoms with Crippen LogP contribution in [-0.2, 0) is 14.6 Å². The van der Waals surface area contributed by atoms with Gasteiger partial charge in [0.15, 0.2) is 16.4 Å². The molecule has 1 aromatic heterocycles. The van der Waals surface area contributed by atoms with E-state index in [1.807, 2.05) is 0 Å². The lowest BCUT2D eigenvalue weighted by Gasteiger charge is -2.23. The minimum atomic E-state index is -3.11. The SMILES string of the molecule is Cc1oc2cc(OCC(=O)N(C)[C@@H]3CCS(=O)(=O)C3)ccc2c(=O)c1-c1c(F)cccc1Cl. The van der Waals surface area contributed by atoms with Gasteiger partial charge in [-0.1, -0.05) is 17.7 Å². The molecule has 174 valence electrons. The molecule has 1 amide bonds. The Morgan fingerprint density at radius 3 is 2.70 bits per heavy atom. The third-order valence-corrected chi connectivity index (χ3v) is 7.83. The predicted molar refractivity (Wildman–Crippen MR) is 123 cm³/mol. The van der Waals surface area contributed by atoms with Crippen LogP contribution in [-0.4, -0.2) is 50.4 Å². The largest absolute Gasteiger partial charge is 0.484 e. The molecule has 2 heterocycles. The lowest BCUT2D eigenvalue weighted by Crippen LogP contribution is -2.40. The van der Waals surface area contributed by atoms with Crippen molar-refractivity contribution in [2.75, 3.05) is 25.2 Å². The minimum Gasteiger partial charge on any atom is -0.484 e. The fraction of sp³-hybridized carbons (Fsp3) is 0.304. The van der Waals surface area contributed by atoms with Crippen molar-refractivity contribution in [2.24, 2.45) is 0 Å². The molecule has 0 spiro atoms. The molecule has 1 saturated heterocycles. The summed E-state index contributed by atoms with van der Waals surface area (Å²) >= 11 is 6.13. The zero-order valence-corrected chi connectivity index (χ0v) is 19.5. The number of hydrogen-bond donors (Lipinski definition) is 0. The van der Waals surface area contributed by atoms with E-state index in [4.69, 9.17) is 20.8 Å². The Hall–Kier alpha value is -2.91. The van der Waals surface area contributed by atoms with Gasteiger partial charge in [-0.2, -0.15) is 0 Å². The number of fused-ring (bicyclic) bond motifs is 1. The van der Waals surface area contributed by atoms with Crippen molar-refractivity contribution >= 4 is 38.3 Å². The smallest absolute Gasteiger partial charge is 0.260 e. The normalized spacial score (nSPS) is 17.3. The van der Waals surface area contributed by atoms with Gasteiger partial charge in [0.2, 0.25) is 5.43 Å². The Balaban J connectivity index is 1.57. The molecule has 0 radical (unpaired) electrons. The van der Waals surface area contributed by atoms with Crippen molar-refractivity contribution in [3.05, 3.63) is 63.2 Å². The lowest BCUT2D eigenvalue weighted by atomic mass is 10.0. The number of likely N-dealkylation sites (N-methyl/N-ethyl adjacent to an activating group) is 1. The molecule has 10 heteroatoms. The minimum absolute atomic E-state index is 0.0183. The number of ether oxygens (including phenoxy) is 1. The Kier molecular flexibility index (Phi) is 6.20. The van der Waals surface area contributed by atoms with Gasteiger partial charge in [-0.15, -0.1) is 0 Å². The van der Waals surface area contributed by atoms with Crippen LogP contribution < -0.4 is 10.2 Å². The highest BCUT2D eigenvalue weighted by atomic mass is 35.5. The molecule has 3 aromatic rings. The molecule has 1 aliphatic heterocycles. The fourth-order valence-corrected chi connectivity index (χ4v) is 5.96. The second-order valence-corrected chi connectivity index (χ2v) is 10.6. The van der Waals surface area contributed by atoms with E-state index >= 15 is 0 Å². The maximum Gasteiger partial charge on any atom is 0.260 e. The Bertz CT molecular complexity index is 1400. The fourth-order valence-electron chi connectivity index (χ4n) is 3.93. The summed E-state index contributed by atoms with van der Waals surface area (Å²) in [5.41, 5.74) is -0.197. The Morgan fingerprint density at radius 1 is 1.27 bits per heavy atom. The van der Waals surface area contributed by atoms with Crippen LogP contribution in [0.2, 0.25) is 5.02 Å². The zero-order valence-electron chi connectivity index (χ0n) is 17.9. The summed E-state index contributed by atoms with van der Waals surface area (Å²) in [6.45, 7) is 1.24. The summed E-state index contributed by atoms with van der Waals surface area (Å²) in [6.07, 6.45) is 0.402. The molecule has 0 bridgehead atoms. The molecule has 7 nitrogen and oxygen atoms in total. The number of carbonyl (C=O) groups is 1. The van der Waals surface area contributed by atoms with Crippen LogP contribution >= 0.6 is 11.6 Å². The number of benzene rings is 2. The van der Waals surface area contributed by atoms with Crippen molar-refractivity contribution in [3.63, 3.8) is 0 Å². The van der Waals surface area contributed by atoms with Crippen molar-refractivity contribution < 1.29 is 26.8 Å². The molecule has 1 atom stereocenters. The van der Waals surface area contributed by atoms with Gasteiger partial charge in [0.25, 0.3) is 5.91 Å². The van der Waals surface area contributed by atoms with Gasteiger partial charge >= 0.3 is 0 Å². The molecule has 2 aromatic carbocycles. The maximum atomic E-state index is 14.4. The lowest BCUT2D eigenvalue weighted by molar-refractivity contribution is -0.133. The second-order valence-electron chi connectivity index (χ2n) is 7.97. The number of carbonyl (C=O) groups excluding carboxylic acids is 1. The van der Waals surface area contributed by atoms with Gasteiger partial charge < -0.3 is 14.1 Å². The van der Waals surface area contributed by atoms with Crippen molar-refractivity contribution in [3.8, 4) is 16.9 Å². The summed E-state index contributed by atoms with van der Waals surface area (Å²) in [5, 5.41) is 0.310. The maximum absolute atomic E-state index is 14.4. The first-order valence-corrected chi connectivity index (χ1v) is 12.4. The Morgan fingerprint density at radius 2 is 2.03 bits per heavy atom. The quantitative estimate of drug-likeness (QED) is 0.539. The van der Waals surface area contributed by atoms with E-state index in [1.165, 1.54) is 41.3 Å². The van der Waals surface area contributed by atoms with Gasteiger partial charge in [-0.3, -0.25) is 9.59 Å². The third kappa shape index (κ3) is 4.60. The highest BCUT2D eigenvalue weighted by Gasteiger charge is 2.32. The van der Waals surface area contributed by atoms with E-state index in [0.717, 1.165) is 0 Å². The van der Waals surface area contributed by atoms with E-state index in [9.17, 15) is 22.4 Å². The van der Waals surface area contributed by atoms with Crippen LogP contribution in [0, 0.1) is 12.7 Å². The Labute approximate surface area is 194 Å². The topological polar surface area (TPSA) is 93.9 Å². The van der Waals surface area contributed by atoms with E-state index < -0.39 is 21.1 Å². The molecule has 0 aliphatic carbocycles. The molecule has 33 heavy (non-hydrogen) atoms. The van der Waals surface area contributed by atoms with Crippen LogP contribution in [0.25, 0.3) is 22.1 Å². The second kappa shape index (κ2) is 8.79. The summed E-state index contributed by atoms with van der Waals surface area (Å²) in [4.78, 5) is 26.9. The molecule has 0 N–H and O–H groups in total. The van der Waals surface area contributed by atoms with Gasteiger partial charge in [-0.05, 0) is 37.6 Å². The first-order chi connectivity index (χ1) is 15.6. The predicted octanol–water partition coefficient (Wildman–Crippen LogP) is 3.59.